The first-order valence-corrected chi connectivity index (χ1v) is 8.43. The molecule has 0 saturated heterocycles. The summed E-state index contributed by atoms with van der Waals surface area (Å²) < 4.78 is 0. The van der Waals surface area contributed by atoms with Crippen LogP contribution in [0.4, 0.5) is 0 Å². The highest BCUT2D eigenvalue weighted by Crippen LogP contribution is 2.47. The molecule has 0 heterocycles. The van der Waals surface area contributed by atoms with E-state index in [2.05, 4.69) is 79.7 Å². The molecule has 0 radical (unpaired) electrons. The maximum Gasteiger partial charge on any atom is -0.00621 e. The van der Waals surface area contributed by atoms with E-state index in [0.29, 0.717) is 0 Å². The molecule has 0 unspecified atom stereocenters. The van der Waals surface area contributed by atoms with Crippen LogP contribution >= 0.6 is 7.92 Å². The van der Waals surface area contributed by atoms with E-state index in [4.69, 9.17) is 0 Å². The van der Waals surface area contributed by atoms with Crippen LogP contribution in [0.2, 0.25) is 0 Å². The van der Waals surface area contributed by atoms with Crippen molar-refractivity contribution < 1.29 is 0 Å². The number of hydrogen-bond acceptors (Lipinski definition) is 0. The van der Waals surface area contributed by atoms with Crippen LogP contribution in [0.3, 0.4) is 0 Å². The third-order valence-electron chi connectivity index (χ3n) is 3.60. The Balaban J connectivity index is 2.03. The summed E-state index contributed by atoms with van der Waals surface area (Å²) in [4.78, 5) is 0. The minimum absolute atomic E-state index is 0.375. The van der Waals surface area contributed by atoms with Crippen molar-refractivity contribution in [1.82, 2.24) is 0 Å². The van der Waals surface area contributed by atoms with Crippen LogP contribution in [0.15, 0.2) is 83.7 Å². The van der Waals surface area contributed by atoms with E-state index in [1.165, 1.54) is 16.2 Å². The Morgan fingerprint density at radius 1 is 0.750 bits per heavy atom. The average molecular weight is 278 g/mol. The van der Waals surface area contributed by atoms with Gasteiger partial charge in [0.05, 0.1) is 0 Å². The summed E-state index contributed by atoms with van der Waals surface area (Å²) in [6.07, 6.45) is 6.97. The van der Waals surface area contributed by atoms with Gasteiger partial charge in [0.25, 0.3) is 0 Å². The largest absolute Gasteiger partial charge is 0.0815 e. The molecule has 2 aromatic carbocycles. The molecule has 0 nitrogen and oxygen atoms in total. The minimum Gasteiger partial charge on any atom is -0.0815 e. The number of allylic oxidation sites excluding steroid dienone is 4. The molecule has 2 aromatic rings. The van der Waals surface area contributed by atoms with Gasteiger partial charge in [0.1, 0.15) is 0 Å². The fourth-order valence-electron chi connectivity index (χ4n) is 2.63. The standard InChI is InChI=1S/C19H19P/c1-16-9-8-14-19(15-16)20(17-10-4-2-5-11-17)18-12-6-3-7-13-18/h2-7,9-14H,8,15H2,1H3. The summed E-state index contributed by atoms with van der Waals surface area (Å²) in [5.74, 6) is 0. The third kappa shape index (κ3) is 2.92. The van der Waals surface area contributed by atoms with Crippen molar-refractivity contribution in [3.63, 3.8) is 0 Å². The topological polar surface area (TPSA) is 0 Å². The second-order valence-corrected chi connectivity index (χ2v) is 7.44. The summed E-state index contributed by atoms with van der Waals surface area (Å²) in [5.41, 5.74) is 1.50. The number of hydrogen-bond donors (Lipinski definition) is 0. The van der Waals surface area contributed by atoms with Crippen molar-refractivity contribution in [1.29, 1.82) is 0 Å². The molecule has 0 amide bonds. The van der Waals surface area contributed by atoms with Crippen LogP contribution in [-0.2, 0) is 0 Å². The molecular formula is C19H19P. The lowest BCUT2D eigenvalue weighted by molar-refractivity contribution is 1.10. The lowest BCUT2D eigenvalue weighted by Gasteiger charge is -2.24. The van der Waals surface area contributed by atoms with Crippen molar-refractivity contribution >= 4 is 18.5 Å². The van der Waals surface area contributed by atoms with Crippen molar-refractivity contribution in [3.8, 4) is 0 Å². The van der Waals surface area contributed by atoms with Gasteiger partial charge in [-0.2, -0.15) is 0 Å². The molecule has 0 spiro atoms. The Morgan fingerprint density at radius 3 is 1.80 bits per heavy atom. The molecule has 0 atom stereocenters. The first kappa shape index (κ1) is 13.3. The van der Waals surface area contributed by atoms with Crippen LogP contribution in [0, 0.1) is 0 Å². The van der Waals surface area contributed by atoms with Crippen LogP contribution in [0.25, 0.3) is 0 Å². The highest BCUT2D eigenvalue weighted by atomic mass is 31.1. The highest BCUT2D eigenvalue weighted by Gasteiger charge is 2.19. The van der Waals surface area contributed by atoms with E-state index in [1.807, 2.05) is 0 Å². The van der Waals surface area contributed by atoms with E-state index in [0.717, 1.165) is 12.8 Å². The van der Waals surface area contributed by atoms with Crippen LogP contribution in [0.5, 0.6) is 0 Å². The molecule has 0 saturated carbocycles. The van der Waals surface area contributed by atoms with E-state index in [9.17, 15) is 0 Å². The maximum atomic E-state index is 2.43. The van der Waals surface area contributed by atoms with Gasteiger partial charge in [-0.05, 0) is 43.6 Å². The van der Waals surface area contributed by atoms with Crippen LogP contribution < -0.4 is 10.6 Å². The summed E-state index contributed by atoms with van der Waals surface area (Å²) in [7, 11) is -0.375. The molecule has 100 valence electrons. The molecule has 20 heavy (non-hydrogen) atoms. The van der Waals surface area contributed by atoms with Crippen molar-refractivity contribution in [2.45, 2.75) is 19.8 Å². The second kappa shape index (κ2) is 6.20. The zero-order valence-electron chi connectivity index (χ0n) is 11.8. The van der Waals surface area contributed by atoms with Gasteiger partial charge in [-0.1, -0.05) is 78.4 Å². The van der Waals surface area contributed by atoms with Crippen LogP contribution in [0.1, 0.15) is 19.8 Å². The normalized spacial score (nSPS) is 14.9. The number of benzene rings is 2. The Morgan fingerprint density at radius 2 is 1.30 bits per heavy atom. The van der Waals surface area contributed by atoms with Gasteiger partial charge in [0, 0.05) is 0 Å². The minimum atomic E-state index is -0.375. The molecule has 0 N–H and O–H groups in total. The summed E-state index contributed by atoms with van der Waals surface area (Å²) in [6, 6.07) is 21.9. The Bertz CT molecular complexity index is 584. The van der Waals surface area contributed by atoms with Gasteiger partial charge >= 0.3 is 0 Å². The van der Waals surface area contributed by atoms with E-state index in [1.54, 1.807) is 5.31 Å². The zero-order chi connectivity index (χ0) is 13.8. The number of rotatable bonds is 3. The first-order chi connectivity index (χ1) is 9.84. The van der Waals surface area contributed by atoms with Gasteiger partial charge < -0.3 is 0 Å². The lowest BCUT2D eigenvalue weighted by Crippen LogP contribution is -2.13. The summed E-state index contributed by atoms with van der Waals surface area (Å²) in [5, 5.41) is 4.50. The molecule has 1 heteroatoms. The zero-order valence-corrected chi connectivity index (χ0v) is 12.7. The smallest absolute Gasteiger partial charge is 0.00621 e. The molecular weight excluding hydrogens is 259 g/mol. The highest BCUT2D eigenvalue weighted by molar-refractivity contribution is 7.76. The van der Waals surface area contributed by atoms with Gasteiger partial charge in [0.2, 0.25) is 0 Å². The van der Waals surface area contributed by atoms with E-state index >= 15 is 0 Å². The van der Waals surface area contributed by atoms with Gasteiger partial charge in [-0.3, -0.25) is 0 Å². The molecule has 0 aliphatic heterocycles. The SMILES string of the molecule is CC1=CCC=C(P(c2ccccc2)c2ccccc2)C1. The maximum absolute atomic E-state index is 2.43. The predicted octanol–water partition coefficient (Wildman–Crippen LogP) is 4.74. The molecule has 3 rings (SSSR count). The fourth-order valence-corrected chi connectivity index (χ4v) is 5.23. The average Bonchev–Trinajstić information content (AvgIpc) is 2.50. The monoisotopic (exact) mass is 278 g/mol. The fraction of sp³-hybridized carbons (Fsp3) is 0.158. The Kier molecular flexibility index (Phi) is 4.14. The van der Waals surface area contributed by atoms with Crippen molar-refractivity contribution in [2.24, 2.45) is 0 Å². The Hall–Kier alpha value is -1.65. The Labute approximate surface area is 122 Å². The van der Waals surface area contributed by atoms with E-state index in [-0.39, 0.29) is 7.92 Å². The molecule has 1 aliphatic rings. The third-order valence-corrected chi connectivity index (χ3v) is 6.14. The summed E-state index contributed by atoms with van der Waals surface area (Å²) >= 11 is 0. The molecule has 0 bridgehead atoms. The van der Waals surface area contributed by atoms with Gasteiger partial charge in [0.15, 0.2) is 0 Å². The van der Waals surface area contributed by atoms with Gasteiger partial charge in [-0.15, -0.1) is 0 Å². The van der Waals surface area contributed by atoms with E-state index < -0.39 is 0 Å². The molecule has 0 aromatic heterocycles. The second-order valence-electron chi connectivity index (χ2n) is 5.16. The van der Waals surface area contributed by atoms with Gasteiger partial charge in [-0.25, -0.2) is 0 Å². The lowest BCUT2D eigenvalue weighted by atomic mass is 10.1. The molecule has 1 aliphatic carbocycles. The predicted molar refractivity (Wildman–Crippen MR) is 90.1 cm³/mol. The van der Waals surface area contributed by atoms with Crippen molar-refractivity contribution in [2.75, 3.05) is 0 Å². The van der Waals surface area contributed by atoms with Crippen molar-refractivity contribution in [3.05, 3.63) is 83.7 Å². The first-order valence-electron chi connectivity index (χ1n) is 7.09. The quantitative estimate of drug-likeness (QED) is 0.562. The van der Waals surface area contributed by atoms with Crippen LogP contribution in [-0.4, -0.2) is 0 Å². The summed E-state index contributed by atoms with van der Waals surface area (Å²) in [6.45, 7) is 2.25. The molecule has 0 fully saturated rings.